The van der Waals surface area contributed by atoms with Gasteiger partial charge in [-0.15, -0.1) is 11.3 Å². The summed E-state index contributed by atoms with van der Waals surface area (Å²) in [6, 6.07) is 7.73. The normalized spacial score (nSPS) is 17.4. The zero-order chi connectivity index (χ0) is 15.4. The largest absolute Gasteiger partial charge is 0.494 e. The number of rotatable bonds is 5. The van der Waals surface area contributed by atoms with Gasteiger partial charge in [0.05, 0.1) is 18.3 Å². The lowest BCUT2D eigenvalue weighted by molar-refractivity contribution is -0.117. The van der Waals surface area contributed by atoms with Crippen LogP contribution >= 0.6 is 11.3 Å². The smallest absolute Gasteiger partial charge is 0.243 e. The van der Waals surface area contributed by atoms with E-state index >= 15 is 0 Å². The molecule has 0 radical (unpaired) electrons. The van der Waals surface area contributed by atoms with Gasteiger partial charge in [-0.2, -0.15) is 0 Å². The molecule has 1 aromatic carbocycles. The molecule has 1 aromatic heterocycles. The summed E-state index contributed by atoms with van der Waals surface area (Å²) in [6.07, 6.45) is 1.94. The third kappa shape index (κ3) is 3.45. The standard InChI is InChI=1S/C16H19N3O2S/c1-2-21-12-7-5-11(6-8-12)14-10-22-16(18-14)19-15(20)13-4-3-9-17-13/h5-8,10,13,17H,2-4,9H2,1H3,(H,18,19,20). The van der Waals surface area contributed by atoms with E-state index in [1.807, 2.05) is 36.6 Å². The van der Waals surface area contributed by atoms with Crippen molar-refractivity contribution in [3.05, 3.63) is 29.6 Å². The van der Waals surface area contributed by atoms with Crippen molar-refractivity contribution in [1.82, 2.24) is 10.3 Å². The number of aromatic nitrogens is 1. The Labute approximate surface area is 133 Å². The monoisotopic (exact) mass is 317 g/mol. The van der Waals surface area contributed by atoms with Gasteiger partial charge in [0.15, 0.2) is 5.13 Å². The quantitative estimate of drug-likeness (QED) is 0.890. The van der Waals surface area contributed by atoms with Gasteiger partial charge in [-0.25, -0.2) is 4.98 Å². The summed E-state index contributed by atoms with van der Waals surface area (Å²) >= 11 is 1.44. The number of thiazole rings is 1. The van der Waals surface area contributed by atoms with Crippen LogP contribution in [0.15, 0.2) is 29.6 Å². The lowest BCUT2D eigenvalue weighted by Crippen LogP contribution is -2.35. The molecule has 0 bridgehead atoms. The Kier molecular flexibility index (Phi) is 4.70. The molecule has 2 N–H and O–H groups in total. The second kappa shape index (κ2) is 6.89. The number of nitrogens with zero attached hydrogens (tertiary/aromatic N) is 1. The summed E-state index contributed by atoms with van der Waals surface area (Å²) in [5.41, 5.74) is 1.88. The summed E-state index contributed by atoms with van der Waals surface area (Å²) in [7, 11) is 0. The molecule has 2 aromatic rings. The molecule has 1 atom stereocenters. The lowest BCUT2D eigenvalue weighted by atomic mass is 10.2. The molecule has 0 spiro atoms. The number of hydrogen-bond donors (Lipinski definition) is 2. The predicted octanol–water partition coefficient (Wildman–Crippen LogP) is 2.90. The Bertz CT molecular complexity index is 633. The van der Waals surface area contributed by atoms with E-state index in [0.29, 0.717) is 11.7 Å². The van der Waals surface area contributed by atoms with E-state index in [1.165, 1.54) is 11.3 Å². The van der Waals surface area contributed by atoms with E-state index in [0.717, 1.165) is 36.4 Å². The Morgan fingerprint density at radius 2 is 2.27 bits per heavy atom. The van der Waals surface area contributed by atoms with Gasteiger partial charge < -0.3 is 15.4 Å². The van der Waals surface area contributed by atoms with Gasteiger partial charge in [-0.05, 0) is 50.6 Å². The highest BCUT2D eigenvalue weighted by Crippen LogP contribution is 2.26. The average molecular weight is 317 g/mol. The van der Waals surface area contributed by atoms with Crippen molar-refractivity contribution in [2.24, 2.45) is 0 Å². The molecule has 1 fully saturated rings. The molecule has 6 heteroatoms. The van der Waals surface area contributed by atoms with E-state index in [4.69, 9.17) is 4.74 Å². The van der Waals surface area contributed by atoms with E-state index in [-0.39, 0.29) is 11.9 Å². The SMILES string of the molecule is CCOc1ccc(-c2csc(NC(=O)C3CCCN3)n2)cc1. The van der Waals surface area contributed by atoms with Gasteiger partial charge >= 0.3 is 0 Å². The number of ether oxygens (including phenoxy) is 1. The third-order valence-corrected chi connectivity index (χ3v) is 4.33. The Balaban J connectivity index is 1.66. The molecular formula is C16H19N3O2S. The molecule has 116 valence electrons. The molecule has 0 aliphatic carbocycles. The van der Waals surface area contributed by atoms with Crippen molar-refractivity contribution in [3.63, 3.8) is 0 Å². The number of carbonyl (C=O) groups excluding carboxylic acids is 1. The fourth-order valence-corrected chi connectivity index (χ4v) is 3.18. The van der Waals surface area contributed by atoms with Crippen LogP contribution in [-0.2, 0) is 4.79 Å². The maximum absolute atomic E-state index is 12.1. The topological polar surface area (TPSA) is 63.2 Å². The Morgan fingerprint density at radius 1 is 1.45 bits per heavy atom. The van der Waals surface area contributed by atoms with Gasteiger partial charge in [0.1, 0.15) is 5.75 Å². The van der Waals surface area contributed by atoms with E-state index in [2.05, 4.69) is 15.6 Å². The van der Waals surface area contributed by atoms with Crippen LogP contribution in [0.1, 0.15) is 19.8 Å². The fourth-order valence-electron chi connectivity index (χ4n) is 2.45. The highest BCUT2D eigenvalue weighted by molar-refractivity contribution is 7.14. The minimum absolute atomic E-state index is 0.00472. The van der Waals surface area contributed by atoms with Crippen LogP contribution in [0.4, 0.5) is 5.13 Å². The van der Waals surface area contributed by atoms with Crippen molar-refractivity contribution in [1.29, 1.82) is 0 Å². The van der Waals surface area contributed by atoms with Gasteiger partial charge in [0.25, 0.3) is 0 Å². The van der Waals surface area contributed by atoms with Gasteiger partial charge in [0.2, 0.25) is 5.91 Å². The van der Waals surface area contributed by atoms with Crippen LogP contribution < -0.4 is 15.4 Å². The first-order valence-corrected chi connectivity index (χ1v) is 8.37. The van der Waals surface area contributed by atoms with Crippen LogP contribution in [0.2, 0.25) is 0 Å². The van der Waals surface area contributed by atoms with Crippen LogP contribution in [0.3, 0.4) is 0 Å². The Hall–Kier alpha value is -1.92. The first kappa shape index (κ1) is 15.0. The number of nitrogens with one attached hydrogen (secondary N) is 2. The van der Waals surface area contributed by atoms with E-state index < -0.39 is 0 Å². The highest BCUT2D eigenvalue weighted by atomic mass is 32.1. The van der Waals surface area contributed by atoms with Crippen LogP contribution in [0, 0.1) is 0 Å². The average Bonchev–Trinajstić information content (AvgIpc) is 3.19. The molecule has 1 aliphatic rings. The van der Waals surface area contributed by atoms with Gasteiger partial charge in [0, 0.05) is 10.9 Å². The molecule has 0 saturated carbocycles. The van der Waals surface area contributed by atoms with E-state index in [9.17, 15) is 4.79 Å². The maximum atomic E-state index is 12.1. The van der Waals surface area contributed by atoms with Crippen molar-refractivity contribution in [2.45, 2.75) is 25.8 Å². The minimum Gasteiger partial charge on any atom is -0.494 e. The van der Waals surface area contributed by atoms with Crippen molar-refractivity contribution in [2.75, 3.05) is 18.5 Å². The molecule has 2 heterocycles. The molecule has 5 nitrogen and oxygen atoms in total. The number of hydrogen-bond acceptors (Lipinski definition) is 5. The first-order chi connectivity index (χ1) is 10.8. The van der Waals surface area contributed by atoms with Crippen LogP contribution in [-0.4, -0.2) is 30.1 Å². The summed E-state index contributed by atoms with van der Waals surface area (Å²) in [4.78, 5) is 16.5. The summed E-state index contributed by atoms with van der Waals surface area (Å²) in [5, 5.41) is 8.66. The molecule has 1 aliphatic heterocycles. The highest BCUT2D eigenvalue weighted by Gasteiger charge is 2.22. The molecule has 3 rings (SSSR count). The van der Waals surface area contributed by atoms with Crippen molar-refractivity contribution < 1.29 is 9.53 Å². The van der Waals surface area contributed by atoms with Crippen LogP contribution in [0.5, 0.6) is 5.75 Å². The van der Waals surface area contributed by atoms with Crippen molar-refractivity contribution >= 4 is 22.4 Å². The number of anilines is 1. The maximum Gasteiger partial charge on any atom is 0.243 e. The molecule has 1 amide bonds. The van der Waals surface area contributed by atoms with Gasteiger partial charge in [-0.1, -0.05) is 0 Å². The first-order valence-electron chi connectivity index (χ1n) is 7.49. The second-order valence-corrected chi connectivity index (χ2v) is 5.99. The number of amides is 1. The molecular weight excluding hydrogens is 298 g/mol. The van der Waals surface area contributed by atoms with Gasteiger partial charge in [-0.3, -0.25) is 4.79 Å². The lowest BCUT2D eigenvalue weighted by Gasteiger charge is -2.08. The Morgan fingerprint density at radius 3 is 2.95 bits per heavy atom. The zero-order valence-electron chi connectivity index (χ0n) is 12.5. The minimum atomic E-state index is -0.0853. The summed E-state index contributed by atoms with van der Waals surface area (Å²) < 4.78 is 5.43. The van der Waals surface area contributed by atoms with E-state index in [1.54, 1.807) is 0 Å². The molecule has 22 heavy (non-hydrogen) atoms. The fraction of sp³-hybridized carbons (Fsp3) is 0.375. The summed E-state index contributed by atoms with van der Waals surface area (Å²) in [5.74, 6) is 0.854. The zero-order valence-corrected chi connectivity index (χ0v) is 13.3. The number of carbonyl (C=O) groups is 1. The molecule has 1 saturated heterocycles. The number of benzene rings is 1. The third-order valence-electron chi connectivity index (χ3n) is 3.57. The van der Waals surface area contributed by atoms with Crippen LogP contribution in [0.25, 0.3) is 11.3 Å². The van der Waals surface area contributed by atoms with Crippen molar-refractivity contribution in [3.8, 4) is 17.0 Å². The summed E-state index contributed by atoms with van der Waals surface area (Å²) in [6.45, 7) is 3.53. The predicted molar refractivity (Wildman–Crippen MR) is 88.4 cm³/mol. The second-order valence-electron chi connectivity index (χ2n) is 5.13. The molecule has 1 unspecified atom stereocenters.